The highest BCUT2D eigenvalue weighted by molar-refractivity contribution is 5.93. The number of halogens is 1. The van der Waals surface area contributed by atoms with Gasteiger partial charge in [0.2, 0.25) is 11.3 Å². The number of hydrogen-bond acceptors (Lipinski definition) is 6. The summed E-state index contributed by atoms with van der Waals surface area (Å²) in [5.74, 6) is -1.62. The molecule has 1 aromatic carbocycles. The van der Waals surface area contributed by atoms with Crippen LogP contribution >= 0.6 is 0 Å². The van der Waals surface area contributed by atoms with Crippen molar-refractivity contribution < 1.29 is 24.1 Å². The van der Waals surface area contributed by atoms with E-state index in [-0.39, 0.29) is 41.8 Å². The van der Waals surface area contributed by atoms with Crippen molar-refractivity contribution >= 4 is 22.7 Å². The molecular formula is C23H26FN3O5. The Morgan fingerprint density at radius 2 is 2.00 bits per heavy atom. The third-order valence-corrected chi connectivity index (χ3v) is 5.46. The molecule has 3 rings (SSSR count). The van der Waals surface area contributed by atoms with E-state index in [0.717, 1.165) is 0 Å². The summed E-state index contributed by atoms with van der Waals surface area (Å²) in [5.41, 5.74) is -0.0765. The Bertz CT molecular complexity index is 1210. The Hall–Kier alpha value is -3.46. The van der Waals surface area contributed by atoms with Crippen LogP contribution in [0.5, 0.6) is 5.88 Å². The van der Waals surface area contributed by atoms with Crippen LogP contribution < -0.4 is 15.1 Å². The number of aliphatic hydroxyl groups is 1. The fourth-order valence-electron chi connectivity index (χ4n) is 3.66. The Kier molecular flexibility index (Phi) is 6.78. The number of nitrogens with zero attached hydrogens (tertiary/aromatic N) is 3. The average molecular weight is 443 g/mol. The molecule has 2 aromatic heterocycles. The van der Waals surface area contributed by atoms with Gasteiger partial charge < -0.3 is 24.4 Å². The standard InChI is InChI=1S/C23H26FN3O5/c1-13(2)19(12-28)27-11-16(23(30)31)20(29)15-9-18(22(32-4)25-21(15)27)26(3)10-14-7-5-6-8-17(14)24/h5-9,11,13,19,28H,10,12H2,1-4H3,(H,30,31). The zero-order valence-electron chi connectivity index (χ0n) is 18.4. The molecule has 32 heavy (non-hydrogen) atoms. The minimum Gasteiger partial charge on any atom is -0.479 e. The summed E-state index contributed by atoms with van der Waals surface area (Å²) in [7, 11) is 3.12. The molecule has 0 amide bonds. The van der Waals surface area contributed by atoms with Crippen molar-refractivity contribution in [3.05, 3.63) is 63.7 Å². The maximum absolute atomic E-state index is 14.1. The first kappa shape index (κ1) is 23.2. The van der Waals surface area contributed by atoms with E-state index in [0.29, 0.717) is 11.3 Å². The number of ether oxygens (including phenoxy) is 1. The topological polar surface area (TPSA) is 105 Å². The van der Waals surface area contributed by atoms with Crippen LogP contribution in [0.2, 0.25) is 0 Å². The molecule has 0 saturated carbocycles. The third kappa shape index (κ3) is 4.29. The van der Waals surface area contributed by atoms with Crippen LogP contribution in [0.4, 0.5) is 10.1 Å². The first-order valence-electron chi connectivity index (χ1n) is 10.1. The van der Waals surface area contributed by atoms with Gasteiger partial charge in [0.25, 0.3) is 0 Å². The lowest BCUT2D eigenvalue weighted by Gasteiger charge is -2.26. The molecule has 0 radical (unpaired) electrons. The molecule has 0 saturated heterocycles. The van der Waals surface area contributed by atoms with Crippen molar-refractivity contribution in [1.82, 2.24) is 9.55 Å². The Balaban J connectivity index is 2.26. The van der Waals surface area contributed by atoms with Gasteiger partial charge in [-0.3, -0.25) is 4.79 Å². The van der Waals surface area contributed by atoms with Gasteiger partial charge in [-0.25, -0.2) is 9.18 Å². The van der Waals surface area contributed by atoms with E-state index in [1.165, 1.54) is 30.0 Å². The summed E-state index contributed by atoms with van der Waals surface area (Å²) >= 11 is 0. The monoisotopic (exact) mass is 443 g/mol. The summed E-state index contributed by atoms with van der Waals surface area (Å²) in [6.45, 7) is 3.65. The van der Waals surface area contributed by atoms with Gasteiger partial charge in [-0.15, -0.1) is 0 Å². The second kappa shape index (κ2) is 9.35. The molecule has 8 nitrogen and oxygen atoms in total. The minimum absolute atomic E-state index is 0.0662. The Morgan fingerprint density at radius 3 is 2.56 bits per heavy atom. The molecule has 0 aliphatic heterocycles. The van der Waals surface area contributed by atoms with E-state index in [1.807, 2.05) is 13.8 Å². The maximum atomic E-state index is 14.1. The third-order valence-electron chi connectivity index (χ3n) is 5.46. The van der Waals surface area contributed by atoms with Crippen molar-refractivity contribution in [3.8, 4) is 5.88 Å². The molecule has 0 spiro atoms. The van der Waals surface area contributed by atoms with Gasteiger partial charge in [0, 0.05) is 25.4 Å². The van der Waals surface area contributed by atoms with Crippen LogP contribution in [0, 0.1) is 11.7 Å². The lowest BCUT2D eigenvalue weighted by Crippen LogP contribution is -2.26. The van der Waals surface area contributed by atoms with E-state index < -0.39 is 23.0 Å². The Labute approximate surface area is 184 Å². The number of carbonyl (C=O) groups is 1. The van der Waals surface area contributed by atoms with Gasteiger partial charge in [-0.2, -0.15) is 4.98 Å². The van der Waals surface area contributed by atoms with Gasteiger partial charge >= 0.3 is 5.97 Å². The molecule has 0 aliphatic rings. The summed E-state index contributed by atoms with van der Waals surface area (Å²) in [6, 6.07) is 7.33. The fraction of sp³-hybridized carbons (Fsp3) is 0.348. The molecule has 9 heteroatoms. The van der Waals surface area contributed by atoms with Crippen LogP contribution in [0.3, 0.4) is 0 Å². The van der Waals surface area contributed by atoms with Crippen molar-refractivity contribution in [1.29, 1.82) is 0 Å². The SMILES string of the molecule is COc1nc2c(cc1N(C)Cc1ccccc1F)c(=O)c(C(=O)O)cn2C(CO)C(C)C. The highest BCUT2D eigenvalue weighted by atomic mass is 19.1. The van der Waals surface area contributed by atoms with Crippen LogP contribution in [0.25, 0.3) is 11.0 Å². The second-order valence-corrected chi connectivity index (χ2v) is 7.91. The molecule has 1 atom stereocenters. The van der Waals surface area contributed by atoms with Crippen molar-refractivity contribution in [2.24, 2.45) is 5.92 Å². The molecule has 170 valence electrons. The molecule has 1 unspecified atom stereocenters. The van der Waals surface area contributed by atoms with E-state index in [1.54, 1.807) is 30.1 Å². The average Bonchev–Trinajstić information content (AvgIpc) is 2.76. The van der Waals surface area contributed by atoms with Crippen molar-refractivity contribution in [2.75, 3.05) is 25.7 Å². The number of carboxylic acids is 1. The van der Waals surface area contributed by atoms with E-state index in [4.69, 9.17) is 4.74 Å². The molecule has 2 heterocycles. The zero-order chi connectivity index (χ0) is 23.6. The summed E-state index contributed by atoms with van der Waals surface area (Å²) in [4.78, 5) is 30.9. The molecule has 2 N–H and O–H groups in total. The lowest BCUT2D eigenvalue weighted by molar-refractivity contribution is 0.0694. The van der Waals surface area contributed by atoms with Gasteiger partial charge in [-0.1, -0.05) is 32.0 Å². The second-order valence-electron chi connectivity index (χ2n) is 7.91. The molecular weight excluding hydrogens is 417 g/mol. The summed E-state index contributed by atoms with van der Waals surface area (Å²) < 4.78 is 21.1. The Morgan fingerprint density at radius 1 is 1.31 bits per heavy atom. The van der Waals surface area contributed by atoms with Gasteiger partial charge in [0.05, 0.1) is 25.1 Å². The number of methoxy groups -OCH3 is 1. The van der Waals surface area contributed by atoms with Crippen LogP contribution in [-0.4, -0.2) is 46.5 Å². The van der Waals surface area contributed by atoms with Crippen LogP contribution in [0.15, 0.2) is 41.3 Å². The molecule has 3 aromatic rings. The lowest BCUT2D eigenvalue weighted by atomic mass is 10.0. The largest absolute Gasteiger partial charge is 0.479 e. The first-order chi connectivity index (χ1) is 15.2. The minimum atomic E-state index is -1.37. The quantitative estimate of drug-likeness (QED) is 0.551. The summed E-state index contributed by atoms with van der Waals surface area (Å²) in [6.07, 6.45) is 1.21. The summed E-state index contributed by atoms with van der Waals surface area (Å²) in [5, 5.41) is 19.6. The normalized spacial score (nSPS) is 12.2. The highest BCUT2D eigenvalue weighted by Crippen LogP contribution is 2.31. The van der Waals surface area contributed by atoms with Gasteiger partial charge in [-0.05, 0) is 18.1 Å². The smallest absolute Gasteiger partial charge is 0.341 e. The zero-order valence-corrected chi connectivity index (χ0v) is 18.4. The van der Waals surface area contributed by atoms with Crippen molar-refractivity contribution in [2.45, 2.75) is 26.4 Å². The van der Waals surface area contributed by atoms with Gasteiger partial charge in [0.15, 0.2) is 0 Å². The predicted octanol–water partition coefficient (Wildman–Crippen LogP) is 3.07. The number of fused-ring (bicyclic) bond motifs is 1. The number of benzene rings is 1. The maximum Gasteiger partial charge on any atom is 0.341 e. The number of pyridine rings is 2. The first-order valence-corrected chi connectivity index (χ1v) is 10.1. The number of rotatable bonds is 8. The van der Waals surface area contributed by atoms with Crippen LogP contribution in [-0.2, 0) is 6.54 Å². The predicted molar refractivity (Wildman–Crippen MR) is 119 cm³/mol. The molecule has 0 fully saturated rings. The van der Waals surface area contributed by atoms with E-state index in [2.05, 4.69) is 4.98 Å². The highest BCUT2D eigenvalue weighted by Gasteiger charge is 2.24. The number of aliphatic hydroxyl groups excluding tert-OH is 1. The van der Waals surface area contributed by atoms with E-state index >= 15 is 0 Å². The number of aromatic carboxylic acids is 1. The van der Waals surface area contributed by atoms with E-state index in [9.17, 15) is 24.2 Å². The van der Waals surface area contributed by atoms with Crippen LogP contribution in [0.1, 0.15) is 35.8 Å². The van der Waals surface area contributed by atoms with Gasteiger partial charge in [0.1, 0.15) is 22.7 Å². The number of hydrogen-bond donors (Lipinski definition) is 2. The number of anilines is 1. The molecule has 0 bridgehead atoms. The number of carboxylic acid groups (broad SMARTS) is 1. The van der Waals surface area contributed by atoms with Crippen molar-refractivity contribution in [3.63, 3.8) is 0 Å². The fourth-order valence-corrected chi connectivity index (χ4v) is 3.66. The molecule has 0 aliphatic carbocycles. The number of aromatic nitrogens is 2.